The summed E-state index contributed by atoms with van der Waals surface area (Å²) >= 11 is 0. The molecule has 7 nitrogen and oxygen atoms in total. The number of hydrogen-bond donors (Lipinski definition) is 0. The number of likely N-dealkylation sites (tertiary alicyclic amines) is 1. The minimum atomic E-state index is 0.120. The van der Waals surface area contributed by atoms with Gasteiger partial charge in [0.25, 0.3) is 5.89 Å². The summed E-state index contributed by atoms with van der Waals surface area (Å²) < 4.78 is 10.6. The molecule has 1 saturated heterocycles. The minimum Gasteiger partial charge on any atom is -0.361 e. The lowest BCUT2D eigenvalue weighted by Crippen LogP contribution is -2.28. The standard InChI is InChI=1S/C20H22N4O3/c1-13-17(14(2)26-22-13)8-9-18(25)24-11-10-16(12-24)19-21-20(27-23-19)15-6-4-3-5-7-15/h3-7,16H,8-12H2,1-2H3. The third-order valence-corrected chi connectivity index (χ3v) is 5.14. The SMILES string of the molecule is Cc1noc(C)c1CCC(=O)N1CCC(c2noc(-c3ccccc3)n2)C1. The number of benzene rings is 1. The van der Waals surface area contributed by atoms with E-state index in [-0.39, 0.29) is 11.8 Å². The summed E-state index contributed by atoms with van der Waals surface area (Å²) in [6.45, 7) is 5.14. The maximum Gasteiger partial charge on any atom is 0.257 e. The van der Waals surface area contributed by atoms with Crippen molar-refractivity contribution in [2.45, 2.75) is 39.0 Å². The Morgan fingerprint density at radius 1 is 1.19 bits per heavy atom. The molecule has 2 aromatic heterocycles. The van der Waals surface area contributed by atoms with E-state index in [1.165, 1.54) is 0 Å². The van der Waals surface area contributed by atoms with Crippen LogP contribution in [-0.2, 0) is 11.2 Å². The van der Waals surface area contributed by atoms with E-state index in [9.17, 15) is 4.79 Å². The Balaban J connectivity index is 1.36. The average Bonchev–Trinajstić information content (AvgIpc) is 3.41. The summed E-state index contributed by atoms with van der Waals surface area (Å²) in [5.41, 5.74) is 2.80. The first kappa shape index (κ1) is 17.5. The molecule has 3 heterocycles. The Morgan fingerprint density at radius 2 is 2.00 bits per heavy atom. The fraction of sp³-hybridized carbons (Fsp3) is 0.400. The summed E-state index contributed by atoms with van der Waals surface area (Å²) in [6, 6.07) is 9.71. The Kier molecular flexibility index (Phi) is 4.75. The summed E-state index contributed by atoms with van der Waals surface area (Å²) in [4.78, 5) is 19.0. The molecule has 1 fully saturated rings. The molecule has 1 aliphatic heterocycles. The van der Waals surface area contributed by atoms with E-state index in [1.54, 1.807) is 0 Å². The van der Waals surface area contributed by atoms with Gasteiger partial charge in [0.05, 0.1) is 5.69 Å². The molecule has 1 atom stereocenters. The van der Waals surface area contributed by atoms with Gasteiger partial charge in [-0.15, -0.1) is 0 Å². The molecule has 1 aromatic carbocycles. The van der Waals surface area contributed by atoms with Crippen molar-refractivity contribution in [3.05, 3.63) is 53.2 Å². The third kappa shape index (κ3) is 3.63. The second kappa shape index (κ2) is 7.34. The van der Waals surface area contributed by atoms with Gasteiger partial charge in [-0.25, -0.2) is 0 Å². The zero-order valence-corrected chi connectivity index (χ0v) is 15.5. The van der Waals surface area contributed by atoms with E-state index in [2.05, 4.69) is 15.3 Å². The molecule has 4 rings (SSSR count). The van der Waals surface area contributed by atoms with Crippen LogP contribution in [0.15, 0.2) is 39.4 Å². The van der Waals surface area contributed by atoms with Crippen LogP contribution < -0.4 is 0 Å². The fourth-order valence-corrected chi connectivity index (χ4v) is 3.55. The topological polar surface area (TPSA) is 85.3 Å². The van der Waals surface area contributed by atoms with Gasteiger partial charge in [-0.3, -0.25) is 4.79 Å². The largest absolute Gasteiger partial charge is 0.361 e. The van der Waals surface area contributed by atoms with Gasteiger partial charge in [-0.2, -0.15) is 4.98 Å². The van der Waals surface area contributed by atoms with Gasteiger partial charge in [0.1, 0.15) is 5.76 Å². The summed E-state index contributed by atoms with van der Waals surface area (Å²) in [5, 5.41) is 8.08. The van der Waals surface area contributed by atoms with Crippen molar-refractivity contribution in [3.8, 4) is 11.5 Å². The number of carbonyl (C=O) groups excluding carboxylic acids is 1. The van der Waals surface area contributed by atoms with E-state index < -0.39 is 0 Å². The van der Waals surface area contributed by atoms with Crippen molar-refractivity contribution < 1.29 is 13.8 Å². The van der Waals surface area contributed by atoms with Gasteiger partial charge >= 0.3 is 0 Å². The predicted molar refractivity (Wildman–Crippen MR) is 98.0 cm³/mol. The predicted octanol–water partition coefficient (Wildman–Crippen LogP) is 3.29. The van der Waals surface area contributed by atoms with Gasteiger partial charge in [0, 0.05) is 36.6 Å². The van der Waals surface area contributed by atoms with Gasteiger partial charge in [-0.05, 0) is 38.8 Å². The van der Waals surface area contributed by atoms with Crippen LogP contribution in [0.3, 0.4) is 0 Å². The number of hydrogen-bond acceptors (Lipinski definition) is 6. The monoisotopic (exact) mass is 366 g/mol. The van der Waals surface area contributed by atoms with Crippen LogP contribution in [0.5, 0.6) is 0 Å². The molecule has 1 aliphatic rings. The second-order valence-corrected chi connectivity index (χ2v) is 6.95. The van der Waals surface area contributed by atoms with Crippen LogP contribution in [0.1, 0.15) is 41.6 Å². The van der Waals surface area contributed by atoms with Crippen LogP contribution in [0, 0.1) is 13.8 Å². The highest BCUT2D eigenvalue weighted by atomic mass is 16.5. The van der Waals surface area contributed by atoms with Crippen molar-refractivity contribution in [3.63, 3.8) is 0 Å². The highest BCUT2D eigenvalue weighted by Gasteiger charge is 2.30. The molecule has 3 aromatic rings. The lowest BCUT2D eigenvalue weighted by Gasteiger charge is -2.15. The zero-order chi connectivity index (χ0) is 18.8. The van der Waals surface area contributed by atoms with Gasteiger partial charge in [0.15, 0.2) is 5.82 Å². The van der Waals surface area contributed by atoms with Crippen LogP contribution in [-0.4, -0.2) is 39.2 Å². The summed E-state index contributed by atoms with van der Waals surface area (Å²) in [5.74, 6) is 2.25. The number of nitrogens with zero attached hydrogens (tertiary/aromatic N) is 4. The first-order valence-electron chi connectivity index (χ1n) is 9.20. The highest BCUT2D eigenvalue weighted by Crippen LogP contribution is 2.28. The van der Waals surface area contributed by atoms with E-state index in [4.69, 9.17) is 9.05 Å². The highest BCUT2D eigenvalue weighted by molar-refractivity contribution is 5.77. The van der Waals surface area contributed by atoms with Crippen molar-refractivity contribution in [2.75, 3.05) is 13.1 Å². The van der Waals surface area contributed by atoms with Crippen LogP contribution in [0.25, 0.3) is 11.5 Å². The van der Waals surface area contributed by atoms with Crippen molar-refractivity contribution in [1.29, 1.82) is 0 Å². The van der Waals surface area contributed by atoms with Crippen LogP contribution in [0.2, 0.25) is 0 Å². The van der Waals surface area contributed by atoms with Crippen LogP contribution >= 0.6 is 0 Å². The first-order valence-corrected chi connectivity index (χ1v) is 9.20. The van der Waals surface area contributed by atoms with Crippen LogP contribution in [0.4, 0.5) is 0 Å². The van der Waals surface area contributed by atoms with Crippen molar-refractivity contribution in [2.24, 2.45) is 0 Å². The Hall–Kier alpha value is -2.96. The van der Waals surface area contributed by atoms with E-state index in [0.29, 0.717) is 31.1 Å². The average molecular weight is 366 g/mol. The third-order valence-electron chi connectivity index (χ3n) is 5.14. The number of rotatable bonds is 5. The number of amides is 1. The first-order chi connectivity index (χ1) is 13.1. The molecule has 140 valence electrons. The fourth-order valence-electron chi connectivity index (χ4n) is 3.55. The number of aromatic nitrogens is 3. The van der Waals surface area contributed by atoms with Gasteiger partial charge in [-0.1, -0.05) is 28.5 Å². The molecule has 0 aliphatic carbocycles. The van der Waals surface area contributed by atoms with Crippen molar-refractivity contribution in [1.82, 2.24) is 20.2 Å². The Labute approximate surface area is 157 Å². The number of aryl methyl sites for hydroxylation is 2. The zero-order valence-electron chi connectivity index (χ0n) is 15.5. The molecule has 0 radical (unpaired) electrons. The molecule has 0 spiro atoms. The molecule has 7 heteroatoms. The molecular formula is C20H22N4O3. The Bertz CT molecular complexity index is 912. The van der Waals surface area contributed by atoms with E-state index >= 15 is 0 Å². The minimum absolute atomic E-state index is 0.120. The second-order valence-electron chi connectivity index (χ2n) is 6.95. The molecule has 1 unspecified atom stereocenters. The smallest absolute Gasteiger partial charge is 0.257 e. The summed E-state index contributed by atoms with van der Waals surface area (Å²) in [6.07, 6.45) is 1.96. The van der Waals surface area contributed by atoms with E-state index in [1.807, 2.05) is 49.1 Å². The molecule has 0 saturated carbocycles. The summed E-state index contributed by atoms with van der Waals surface area (Å²) in [7, 11) is 0. The van der Waals surface area contributed by atoms with Gasteiger partial charge in [0.2, 0.25) is 5.91 Å². The lowest BCUT2D eigenvalue weighted by atomic mass is 10.1. The number of carbonyl (C=O) groups is 1. The Morgan fingerprint density at radius 3 is 2.74 bits per heavy atom. The van der Waals surface area contributed by atoms with Crippen molar-refractivity contribution >= 4 is 5.91 Å². The molecule has 0 N–H and O–H groups in total. The molecule has 27 heavy (non-hydrogen) atoms. The molecular weight excluding hydrogens is 344 g/mol. The molecule has 0 bridgehead atoms. The maximum absolute atomic E-state index is 12.6. The lowest BCUT2D eigenvalue weighted by molar-refractivity contribution is -0.130. The van der Waals surface area contributed by atoms with Gasteiger partial charge < -0.3 is 13.9 Å². The maximum atomic E-state index is 12.6. The van der Waals surface area contributed by atoms with E-state index in [0.717, 1.165) is 35.5 Å². The normalized spacial score (nSPS) is 16.8. The molecule has 1 amide bonds. The quantitative estimate of drug-likeness (QED) is 0.689.